The number of pyridine rings is 1. The van der Waals surface area contributed by atoms with E-state index in [2.05, 4.69) is 4.98 Å². The van der Waals surface area contributed by atoms with Gasteiger partial charge in [0.05, 0.1) is 0 Å². The molecule has 0 fully saturated rings. The Bertz CT molecular complexity index is 278. The van der Waals surface area contributed by atoms with Crippen LogP contribution < -0.4 is 5.73 Å². The number of nitrogens with one attached hydrogen (secondary N) is 1. The largest absolute Gasteiger partial charge is 0.382 e. The van der Waals surface area contributed by atoms with Crippen LogP contribution in [-0.4, -0.2) is 17.1 Å². The van der Waals surface area contributed by atoms with Crippen molar-refractivity contribution >= 4 is 12.1 Å². The first-order chi connectivity index (χ1) is 5.24. The van der Waals surface area contributed by atoms with Gasteiger partial charge in [0.1, 0.15) is 11.5 Å². The van der Waals surface area contributed by atoms with Crippen molar-refractivity contribution in [2.24, 2.45) is 5.73 Å². The molecule has 11 heavy (non-hydrogen) atoms. The Morgan fingerprint density at radius 1 is 1.64 bits per heavy atom. The molecule has 1 aromatic rings. The summed E-state index contributed by atoms with van der Waals surface area (Å²) >= 11 is 0. The monoisotopic (exact) mass is 149 g/mol. The summed E-state index contributed by atoms with van der Waals surface area (Å²) in [5.41, 5.74) is 6.00. The zero-order chi connectivity index (χ0) is 8.27. The third kappa shape index (κ3) is 1.61. The third-order valence-electron chi connectivity index (χ3n) is 1.20. The number of aldehydes is 1. The van der Waals surface area contributed by atoms with E-state index in [0.29, 0.717) is 17.5 Å². The first-order valence-electron chi connectivity index (χ1n) is 2.99. The number of nitrogens with zero attached hydrogens (tertiary/aromatic N) is 1. The highest BCUT2D eigenvalue weighted by Crippen LogP contribution is 1.95. The predicted octanol–water partition coefficient (Wildman–Crippen LogP) is 0.178. The van der Waals surface area contributed by atoms with Gasteiger partial charge in [-0.1, -0.05) is 0 Å². The fourth-order valence-corrected chi connectivity index (χ4v) is 0.634. The second-order valence-electron chi connectivity index (χ2n) is 2.01. The molecule has 56 valence electrons. The van der Waals surface area contributed by atoms with Crippen molar-refractivity contribution < 1.29 is 4.79 Å². The molecule has 0 aliphatic heterocycles. The van der Waals surface area contributed by atoms with Crippen LogP contribution in [0.25, 0.3) is 0 Å². The molecule has 0 bridgehead atoms. The predicted molar refractivity (Wildman–Crippen MR) is 40.6 cm³/mol. The van der Waals surface area contributed by atoms with Crippen LogP contribution in [-0.2, 0) is 0 Å². The van der Waals surface area contributed by atoms with E-state index in [-0.39, 0.29) is 5.84 Å². The molecule has 0 aromatic carbocycles. The standard InChI is InChI=1S/C7H7N3O/c8-7(9)6-2-1-5(4-11)3-10-6/h1-4H,(H3,8,9). The summed E-state index contributed by atoms with van der Waals surface area (Å²) in [6.07, 6.45) is 2.07. The van der Waals surface area contributed by atoms with Crippen molar-refractivity contribution in [2.45, 2.75) is 0 Å². The maximum Gasteiger partial charge on any atom is 0.151 e. The molecule has 0 unspecified atom stereocenters. The van der Waals surface area contributed by atoms with E-state index < -0.39 is 0 Å². The molecule has 4 nitrogen and oxygen atoms in total. The van der Waals surface area contributed by atoms with Crippen LogP contribution in [0, 0.1) is 5.41 Å². The Morgan fingerprint density at radius 2 is 2.36 bits per heavy atom. The molecule has 1 aromatic heterocycles. The number of carbonyl (C=O) groups is 1. The van der Waals surface area contributed by atoms with E-state index in [4.69, 9.17) is 11.1 Å². The van der Waals surface area contributed by atoms with E-state index in [1.165, 1.54) is 12.3 Å². The Labute approximate surface area is 63.6 Å². The summed E-state index contributed by atoms with van der Waals surface area (Å²) in [7, 11) is 0. The van der Waals surface area contributed by atoms with E-state index in [1.807, 2.05) is 0 Å². The lowest BCUT2D eigenvalue weighted by atomic mass is 10.2. The van der Waals surface area contributed by atoms with Crippen molar-refractivity contribution in [1.29, 1.82) is 5.41 Å². The SMILES string of the molecule is N=C(N)c1ccc(C=O)cn1. The molecule has 0 aliphatic rings. The van der Waals surface area contributed by atoms with Crippen LogP contribution in [0.3, 0.4) is 0 Å². The lowest BCUT2D eigenvalue weighted by Gasteiger charge is -1.94. The Morgan fingerprint density at radius 3 is 2.73 bits per heavy atom. The molecular formula is C7H7N3O. The molecule has 0 radical (unpaired) electrons. The number of rotatable bonds is 2. The average Bonchev–Trinajstić information content (AvgIpc) is 2.05. The summed E-state index contributed by atoms with van der Waals surface area (Å²) in [4.78, 5) is 13.9. The highest BCUT2D eigenvalue weighted by molar-refractivity contribution is 5.93. The minimum atomic E-state index is -0.0950. The van der Waals surface area contributed by atoms with Crippen molar-refractivity contribution in [3.05, 3.63) is 29.6 Å². The zero-order valence-electron chi connectivity index (χ0n) is 5.74. The van der Waals surface area contributed by atoms with Gasteiger partial charge in [0.2, 0.25) is 0 Å². The molecule has 0 atom stereocenters. The molecule has 0 saturated carbocycles. The minimum Gasteiger partial charge on any atom is -0.382 e. The maximum atomic E-state index is 10.2. The van der Waals surface area contributed by atoms with Gasteiger partial charge in [0, 0.05) is 11.8 Å². The van der Waals surface area contributed by atoms with Gasteiger partial charge in [-0.15, -0.1) is 0 Å². The van der Waals surface area contributed by atoms with Gasteiger partial charge in [0.15, 0.2) is 6.29 Å². The Hall–Kier alpha value is -1.71. The van der Waals surface area contributed by atoms with Crippen molar-refractivity contribution in [3.8, 4) is 0 Å². The topological polar surface area (TPSA) is 79.8 Å². The highest BCUT2D eigenvalue weighted by Gasteiger charge is 1.96. The molecule has 1 heterocycles. The summed E-state index contributed by atoms with van der Waals surface area (Å²) in [6, 6.07) is 3.10. The molecule has 3 N–H and O–H groups in total. The second-order valence-corrected chi connectivity index (χ2v) is 2.01. The van der Waals surface area contributed by atoms with Gasteiger partial charge in [-0.25, -0.2) is 0 Å². The van der Waals surface area contributed by atoms with E-state index in [9.17, 15) is 4.79 Å². The maximum absolute atomic E-state index is 10.2. The van der Waals surface area contributed by atoms with E-state index in [1.54, 1.807) is 6.07 Å². The van der Waals surface area contributed by atoms with Gasteiger partial charge >= 0.3 is 0 Å². The van der Waals surface area contributed by atoms with Crippen LogP contribution in [0.2, 0.25) is 0 Å². The number of amidine groups is 1. The minimum absolute atomic E-state index is 0.0950. The number of nitrogen functional groups attached to an aromatic ring is 1. The van der Waals surface area contributed by atoms with Gasteiger partial charge in [-0.3, -0.25) is 15.2 Å². The number of hydrogen-bond donors (Lipinski definition) is 2. The van der Waals surface area contributed by atoms with Gasteiger partial charge in [0.25, 0.3) is 0 Å². The van der Waals surface area contributed by atoms with Crippen LogP contribution >= 0.6 is 0 Å². The van der Waals surface area contributed by atoms with Crippen molar-refractivity contribution in [3.63, 3.8) is 0 Å². The third-order valence-corrected chi connectivity index (χ3v) is 1.20. The van der Waals surface area contributed by atoms with Crippen LogP contribution in [0.5, 0.6) is 0 Å². The first-order valence-corrected chi connectivity index (χ1v) is 2.99. The molecule has 0 amide bonds. The zero-order valence-corrected chi connectivity index (χ0v) is 5.74. The summed E-state index contributed by atoms with van der Waals surface area (Å²) in [5.74, 6) is -0.0950. The van der Waals surface area contributed by atoms with Gasteiger partial charge in [-0.05, 0) is 12.1 Å². The highest BCUT2D eigenvalue weighted by atomic mass is 16.1. The van der Waals surface area contributed by atoms with Gasteiger partial charge in [-0.2, -0.15) is 0 Å². The van der Waals surface area contributed by atoms with Crippen LogP contribution in [0.15, 0.2) is 18.3 Å². The molecule has 0 aliphatic carbocycles. The smallest absolute Gasteiger partial charge is 0.151 e. The Balaban J connectivity index is 3.00. The van der Waals surface area contributed by atoms with E-state index in [0.717, 1.165) is 0 Å². The number of carbonyl (C=O) groups excluding carboxylic acids is 1. The molecule has 0 saturated heterocycles. The lowest BCUT2D eigenvalue weighted by Crippen LogP contribution is -2.12. The fourth-order valence-electron chi connectivity index (χ4n) is 0.634. The summed E-state index contributed by atoms with van der Waals surface area (Å²) in [5, 5.41) is 6.99. The van der Waals surface area contributed by atoms with Crippen LogP contribution in [0.1, 0.15) is 16.1 Å². The summed E-state index contributed by atoms with van der Waals surface area (Å²) < 4.78 is 0. The fraction of sp³-hybridized carbons (Fsp3) is 0. The second kappa shape index (κ2) is 2.92. The quantitative estimate of drug-likeness (QED) is 0.357. The normalized spacial score (nSPS) is 9.09. The lowest BCUT2D eigenvalue weighted by molar-refractivity contribution is 0.112. The molecule has 1 rings (SSSR count). The summed E-state index contributed by atoms with van der Waals surface area (Å²) in [6.45, 7) is 0. The van der Waals surface area contributed by atoms with Crippen molar-refractivity contribution in [2.75, 3.05) is 0 Å². The van der Waals surface area contributed by atoms with Gasteiger partial charge < -0.3 is 5.73 Å². The van der Waals surface area contributed by atoms with Crippen molar-refractivity contribution in [1.82, 2.24) is 4.98 Å². The average molecular weight is 149 g/mol. The number of nitrogens with two attached hydrogens (primary N) is 1. The van der Waals surface area contributed by atoms with Crippen LogP contribution in [0.4, 0.5) is 0 Å². The Kier molecular flexibility index (Phi) is 1.96. The molecule has 0 spiro atoms. The number of aromatic nitrogens is 1. The molecular weight excluding hydrogens is 142 g/mol. The van der Waals surface area contributed by atoms with E-state index >= 15 is 0 Å². The first kappa shape index (κ1) is 7.40. The number of hydrogen-bond acceptors (Lipinski definition) is 3. The molecule has 4 heteroatoms.